The summed E-state index contributed by atoms with van der Waals surface area (Å²) in [5.74, 6) is -1.18. The summed E-state index contributed by atoms with van der Waals surface area (Å²) in [6.45, 7) is 0.0758. The molecule has 3 rings (SSSR count). The summed E-state index contributed by atoms with van der Waals surface area (Å²) in [5, 5.41) is 40.0. The molecule has 1 aliphatic rings. The molecule has 14 heteroatoms. The van der Waals surface area contributed by atoms with Crippen molar-refractivity contribution in [1.82, 2.24) is 24.8 Å². The van der Waals surface area contributed by atoms with Gasteiger partial charge in [-0.2, -0.15) is 4.98 Å². The molecule has 30 heavy (non-hydrogen) atoms. The van der Waals surface area contributed by atoms with Crippen LogP contribution < -0.4 is 16.8 Å². The van der Waals surface area contributed by atoms with Crippen LogP contribution in [-0.4, -0.2) is 84.3 Å². The first kappa shape index (κ1) is 21.6. The fourth-order valence-corrected chi connectivity index (χ4v) is 3.06. The van der Waals surface area contributed by atoms with E-state index < -0.39 is 36.6 Å². The van der Waals surface area contributed by atoms with Crippen LogP contribution in [0.15, 0.2) is 12.7 Å². The maximum Gasteiger partial charge on any atom is 0.323 e. The Morgan fingerprint density at radius 1 is 1.37 bits per heavy atom. The van der Waals surface area contributed by atoms with E-state index in [9.17, 15) is 20.1 Å². The van der Waals surface area contributed by atoms with E-state index in [0.717, 1.165) is 6.33 Å². The zero-order valence-electron chi connectivity index (χ0n) is 15.9. The predicted molar refractivity (Wildman–Crippen MR) is 101 cm³/mol. The lowest BCUT2D eigenvalue weighted by atomic mass is 10.1. The lowest BCUT2D eigenvalue weighted by Crippen LogP contribution is -2.38. The van der Waals surface area contributed by atoms with Crippen molar-refractivity contribution < 1.29 is 29.6 Å². The van der Waals surface area contributed by atoms with Gasteiger partial charge >= 0.3 is 5.97 Å². The zero-order chi connectivity index (χ0) is 21.8. The summed E-state index contributed by atoms with van der Waals surface area (Å²) in [4.78, 5) is 23.6. The number of fused-ring (bicyclic) bond motifs is 1. The van der Waals surface area contributed by atoms with Crippen LogP contribution in [0.2, 0.25) is 0 Å². The number of esters is 1. The molecule has 0 aliphatic carbocycles. The molecule has 1 aliphatic heterocycles. The quantitative estimate of drug-likeness (QED) is 0.0992. The molecule has 0 saturated carbocycles. The predicted octanol–water partition coefficient (Wildman–Crippen LogP) is -2.72. The summed E-state index contributed by atoms with van der Waals surface area (Å²) < 4.78 is 12.1. The number of carbonyl (C=O) groups excluding carboxylic acids is 1. The van der Waals surface area contributed by atoms with E-state index in [2.05, 4.69) is 20.3 Å². The lowest BCUT2D eigenvalue weighted by Gasteiger charge is -2.17. The third-order valence-corrected chi connectivity index (χ3v) is 4.65. The van der Waals surface area contributed by atoms with Gasteiger partial charge in [0.1, 0.15) is 37.3 Å². The molecule has 0 spiro atoms. The van der Waals surface area contributed by atoms with Gasteiger partial charge in [0.25, 0.3) is 0 Å². The van der Waals surface area contributed by atoms with Crippen LogP contribution in [0.4, 0.5) is 0 Å². The highest BCUT2D eigenvalue weighted by atomic mass is 16.6. The van der Waals surface area contributed by atoms with Crippen LogP contribution in [0.5, 0.6) is 5.88 Å². The van der Waals surface area contributed by atoms with Gasteiger partial charge in [-0.3, -0.25) is 14.8 Å². The van der Waals surface area contributed by atoms with Gasteiger partial charge in [0.15, 0.2) is 23.4 Å². The third-order valence-electron chi connectivity index (χ3n) is 4.65. The number of imidazole rings is 1. The van der Waals surface area contributed by atoms with E-state index in [1.54, 1.807) is 0 Å². The van der Waals surface area contributed by atoms with Gasteiger partial charge in [-0.25, -0.2) is 9.97 Å². The summed E-state index contributed by atoms with van der Waals surface area (Å²) in [5.41, 5.74) is 11.3. The standard InChI is InChI=1S/C16H24N8O6/c17-7(2-1-3-20-16(18)19)15(28)29-4-8-10(25)11(26)14(30-8)24-6-23-9-12(24)21-5-22-13(9)27/h5-8,10-11,14,25-26H,1-4,17H2,(H4,18,19,20)(H,21,22,27)/t7-,8+,10+,11+,14+/m0/s1. The number of hydrogen-bond acceptors (Lipinski definition) is 11. The van der Waals surface area contributed by atoms with Crippen molar-refractivity contribution in [2.45, 2.75) is 43.4 Å². The van der Waals surface area contributed by atoms with Crippen LogP contribution >= 0.6 is 0 Å². The zero-order valence-corrected chi connectivity index (χ0v) is 15.9. The molecule has 2 aromatic rings. The van der Waals surface area contributed by atoms with Crippen molar-refractivity contribution in [1.29, 1.82) is 5.41 Å². The first-order valence-corrected chi connectivity index (χ1v) is 9.17. The van der Waals surface area contributed by atoms with Gasteiger partial charge in [-0.1, -0.05) is 0 Å². The number of nitrogens with two attached hydrogens (primary N) is 2. The van der Waals surface area contributed by atoms with E-state index in [-0.39, 0.29) is 29.6 Å². The number of hydrogen-bond donors (Lipinski definition) is 7. The topological polar surface area (TPSA) is 228 Å². The minimum Gasteiger partial charge on any atom is -0.492 e. The van der Waals surface area contributed by atoms with Crippen LogP contribution in [0.3, 0.4) is 0 Å². The van der Waals surface area contributed by atoms with Crippen molar-refractivity contribution in [3.8, 4) is 5.88 Å². The molecule has 14 nitrogen and oxygen atoms in total. The Morgan fingerprint density at radius 3 is 2.87 bits per heavy atom. The Morgan fingerprint density at radius 2 is 2.13 bits per heavy atom. The molecular formula is C16H24N8O6. The maximum absolute atomic E-state index is 12.0. The van der Waals surface area contributed by atoms with E-state index in [1.807, 2.05) is 0 Å². The number of aliphatic hydroxyl groups excluding tert-OH is 2. The number of aromatic hydroxyl groups is 1. The number of nitrogens with one attached hydrogen (secondary N) is 2. The van der Waals surface area contributed by atoms with E-state index in [1.165, 1.54) is 10.9 Å². The van der Waals surface area contributed by atoms with E-state index in [0.29, 0.717) is 19.4 Å². The molecule has 164 valence electrons. The molecule has 3 heterocycles. The molecule has 5 atom stereocenters. The first-order valence-electron chi connectivity index (χ1n) is 9.17. The largest absolute Gasteiger partial charge is 0.492 e. The van der Waals surface area contributed by atoms with Gasteiger partial charge in [0.2, 0.25) is 5.88 Å². The summed E-state index contributed by atoms with van der Waals surface area (Å²) in [6.07, 6.45) is -1.53. The summed E-state index contributed by atoms with van der Waals surface area (Å²) in [6, 6.07) is -0.893. The second-order valence-electron chi connectivity index (χ2n) is 6.79. The van der Waals surface area contributed by atoms with Crippen LogP contribution in [0, 0.1) is 5.41 Å². The molecule has 0 bridgehead atoms. The van der Waals surface area contributed by atoms with Gasteiger partial charge in [-0.05, 0) is 12.8 Å². The molecule has 9 N–H and O–H groups in total. The molecule has 1 saturated heterocycles. The van der Waals surface area contributed by atoms with Crippen LogP contribution in [0.25, 0.3) is 11.2 Å². The highest BCUT2D eigenvalue weighted by Gasteiger charge is 2.45. The number of aliphatic hydroxyl groups is 2. The average Bonchev–Trinajstić information content (AvgIpc) is 3.26. The molecule has 0 radical (unpaired) electrons. The SMILES string of the molecule is N=C(N)NCCC[C@H](N)C(=O)OC[C@H]1O[C@@H](n2cnc3c(O)ncnc32)[C@H](O)[C@@H]1O. The fourth-order valence-electron chi connectivity index (χ4n) is 3.06. The van der Waals surface area contributed by atoms with Crippen LogP contribution in [-0.2, 0) is 14.3 Å². The van der Waals surface area contributed by atoms with Crippen molar-refractivity contribution in [2.75, 3.05) is 13.2 Å². The van der Waals surface area contributed by atoms with Crippen molar-refractivity contribution >= 4 is 23.1 Å². The number of carbonyl (C=O) groups is 1. The van der Waals surface area contributed by atoms with Gasteiger partial charge in [0, 0.05) is 6.54 Å². The minimum atomic E-state index is -1.35. The van der Waals surface area contributed by atoms with Crippen molar-refractivity contribution in [2.24, 2.45) is 11.5 Å². The van der Waals surface area contributed by atoms with Crippen molar-refractivity contribution in [3.63, 3.8) is 0 Å². The summed E-state index contributed by atoms with van der Waals surface area (Å²) in [7, 11) is 0. The molecule has 2 aromatic heterocycles. The highest BCUT2D eigenvalue weighted by Crippen LogP contribution is 2.32. The van der Waals surface area contributed by atoms with Crippen molar-refractivity contribution in [3.05, 3.63) is 12.7 Å². The van der Waals surface area contributed by atoms with Crippen LogP contribution in [0.1, 0.15) is 19.1 Å². The third kappa shape index (κ3) is 4.56. The lowest BCUT2D eigenvalue weighted by molar-refractivity contribution is -0.151. The Bertz CT molecular complexity index is 907. The average molecular weight is 424 g/mol. The van der Waals surface area contributed by atoms with Gasteiger partial charge in [-0.15, -0.1) is 0 Å². The Balaban J connectivity index is 1.56. The monoisotopic (exact) mass is 424 g/mol. The minimum absolute atomic E-state index is 0.114. The second kappa shape index (κ2) is 9.17. The Kier molecular flexibility index (Phi) is 6.61. The fraction of sp³-hybridized carbons (Fsp3) is 0.562. The maximum atomic E-state index is 12.0. The Labute approximate surface area is 170 Å². The van der Waals surface area contributed by atoms with E-state index in [4.69, 9.17) is 26.4 Å². The number of nitrogens with zero attached hydrogens (tertiary/aromatic N) is 4. The highest BCUT2D eigenvalue weighted by molar-refractivity contribution is 5.76. The number of aromatic nitrogens is 4. The molecule has 0 aromatic carbocycles. The molecule has 1 fully saturated rings. The van der Waals surface area contributed by atoms with Gasteiger partial charge in [0.05, 0.1) is 6.33 Å². The number of guanidine groups is 1. The number of ether oxygens (including phenoxy) is 2. The Hall–Kier alpha value is -3.07. The number of rotatable bonds is 8. The molecular weight excluding hydrogens is 400 g/mol. The normalized spacial score (nSPS) is 24.6. The van der Waals surface area contributed by atoms with Gasteiger partial charge < -0.3 is 41.6 Å². The van der Waals surface area contributed by atoms with E-state index >= 15 is 0 Å². The molecule has 0 unspecified atom stereocenters. The molecule has 0 amide bonds. The first-order chi connectivity index (χ1) is 14.3. The smallest absolute Gasteiger partial charge is 0.323 e. The summed E-state index contributed by atoms with van der Waals surface area (Å²) >= 11 is 0. The second-order valence-corrected chi connectivity index (χ2v) is 6.79.